The normalized spacial score (nSPS) is 15.1. The number of nitrogens with zero attached hydrogens (tertiary/aromatic N) is 5. The molecule has 144 valence electrons. The topological polar surface area (TPSA) is 83.9 Å². The maximum atomic E-state index is 13.4. The summed E-state index contributed by atoms with van der Waals surface area (Å²) in [6.07, 6.45) is 8.57. The van der Waals surface area contributed by atoms with Crippen LogP contribution in [0.2, 0.25) is 0 Å². The zero-order valence-corrected chi connectivity index (χ0v) is 16.2. The molecule has 4 heterocycles. The van der Waals surface area contributed by atoms with E-state index in [0.717, 1.165) is 42.4 Å². The van der Waals surface area contributed by atoms with Crippen LogP contribution >= 0.6 is 0 Å². The van der Waals surface area contributed by atoms with Crippen molar-refractivity contribution < 1.29 is 4.79 Å². The van der Waals surface area contributed by atoms with Crippen molar-refractivity contribution in [3.05, 3.63) is 43.0 Å². The van der Waals surface area contributed by atoms with Crippen molar-refractivity contribution in [2.45, 2.75) is 32.7 Å². The van der Waals surface area contributed by atoms with E-state index in [9.17, 15) is 4.79 Å². The van der Waals surface area contributed by atoms with Gasteiger partial charge in [-0.1, -0.05) is 0 Å². The van der Waals surface area contributed by atoms with Gasteiger partial charge in [-0.05, 0) is 58.0 Å². The van der Waals surface area contributed by atoms with Crippen molar-refractivity contribution in [2.24, 2.45) is 5.92 Å². The Morgan fingerprint density at radius 1 is 1.07 bits per heavy atom. The van der Waals surface area contributed by atoms with Crippen LogP contribution in [0.15, 0.2) is 43.0 Å². The molecule has 7 nitrogen and oxygen atoms in total. The Labute approximate surface area is 164 Å². The lowest BCUT2D eigenvalue weighted by Gasteiger charge is -2.32. The number of anilines is 1. The fourth-order valence-electron chi connectivity index (χ4n) is 3.65. The van der Waals surface area contributed by atoms with Gasteiger partial charge in [0.1, 0.15) is 5.82 Å². The number of piperidine rings is 1. The van der Waals surface area contributed by atoms with Gasteiger partial charge in [0.25, 0.3) is 0 Å². The number of pyridine rings is 2. The highest BCUT2D eigenvalue weighted by Crippen LogP contribution is 2.30. The van der Waals surface area contributed by atoms with Crippen molar-refractivity contribution in [3.8, 4) is 11.4 Å². The van der Waals surface area contributed by atoms with E-state index in [-0.39, 0.29) is 17.9 Å². The number of hydrogen-bond acceptors (Lipinski definition) is 6. The second-order valence-electron chi connectivity index (χ2n) is 7.33. The first-order chi connectivity index (χ1) is 13.6. The summed E-state index contributed by atoms with van der Waals surface area (Å²) in [6, 6.07) is 5.61. The van der Waals surface area contributed by atoms with E-state index in [0.29, 0.717) is 11.6 Å². The average molecular weight is 376 g/mol. The van der Waals surface area contributed by atoms with Gasteiger partial charge in [-0.15, -0.1) is 0 Å². The van der Waals surface area contributed by atoms with Crippen molar-refractivity contribution in [2.75, 3.05) is 18.0 Å². The quantitative estimate of drug-likeness (QED) is 0.754. The van der Waals surface area contributed by atoms with Crippen LogP contribution in [0.25, 0.3) is 22.3 Å². The number of amides is 1. The van der Waals surface area contributed by atoms with Crippen LogP contribution in [-0.2, 0) is 4.79 Å². The molecule has 0 atom stereocenters. The van der Waals surface area contributed by atoms with Crippen LogP contribution in [0.1, 0.15) is 26.7 Å². The standard InChI is InChI=1S/C21H24N6O/c1-14(2)27(21(28)16-5-10-23-11-6-16)20-17-7-12-24-13-18(17)25-19(26-20)15-3-8-22-9-4-15/h3-4,7-9,12-14,16,23H,5-6,10-11H2,1-2H3. The lowest BCUT2D eigenvalue weighted by molar-refractivity contribution is -0.123. The molecule has 0 spiro atoms. The minimum Gasteiger partial charge on any atom is -0.317 e. The summed E-state index contributed by atoms with van der Waals surface area (Å²) in [5.41, 5.74) is 1.59. The predicted molar refractivity (Wildman–Crippen MR) is 109 cm³/mol. The highest BCUT2D eigenvalue weighted by molar-refractivity contribution is 6.02. The van der Waals surface area contributed by atoms with Gasteiger partial charge in [-0.3, -0.25) is 19.7 Å². The number of nitrogens with one attached hydrogen (secondary N) is 1. The van der Waals surface area contributed by atoms with E-state index in [2.05, 4.69) is 20.3 Å². The van der Waals surface area contributed by atoms with E-state index in [4.69, 9.17) is 4.98 Å². The molecule has 7 heteroatoms. The lowest BCUT2D eigenvalue weighted by atomic mass is 9.96. The molecule has 28 heavy (non-hydrogen) atoms. The molecule has 1 amide bonds. The molecule has 1 N–H and O–H groups in total. The molecule has 1 saturated heterocycles. The van der Waals surface area contributed by atoms with Crippen molar-refractivity contribution in [1.29, 1.82) is 0 Å². The molecule has 3 aromatic heterocycles. The summed E-state index contributed by atoms with van der Waals surface area (Å²) < 4.78 is 0. The van der Waals surface area contributed by atoms with Gasteiger partial charge in [0.2, 0.25) is 5.91 Å². The number of aromatic nitrogens is 4. The van der Waals surface area contributed by atoms with Gasteiger partial charge in [0.15, 0.2) is 5.82 Å². The summed E-state index contributed by atoms with van der Waals surface area (Å²) in [7, 11) is 0. The first kappa shape index (κ1) is 18.4. The number of carbonyl (C=O) groups is 1. The van der Waals surface area contributed by atoms with E-state index in [1.54, 1.807) is 24.8 Å². The first-order valence-corrected chi connectivity index (χ1v) is 9.71. The maximum Gasteiger partial charge on any atom is 0.231 e. The molecule has 1 fully saturated rings. The second kappa shape index (κ2) is 7.98. The summed E-state index contributed by atoms with van der Waals surface area (Å²) >= 11 is 0. The van der Waals surface area contributed by atoms with Crippen LogP contribution in [-0.4, -0.2) is 45.0 Å². The molecule has 1 aliphatic rings. The molecule has 0 bridgehead atoms. The van der Waals surface area contributed by atoms with Crippen molar-refractivity contribution in [3.63, 3.8) is 0 Å². The molecule has 0 unspecified atom stereocenters. The largest absolute Gasteiger partial charge is 0.317 e. The monoisotopic (exact) mass is 376 g/mol. The highest BCUT2D eigenvalue weighted by Gasteiger charge is 2.30. The predicted octanol–water partition coefficient (Wildman–Crippen LogP) is 2.83. The zero-order chi connectivity index (χ0) is 19.5. The molecule has 0 saturated carbocycles. The molecular formula is C21H24N6O. The van der Waals surface area contributed by atoms with E-state index in [1.165, 1.54) is 0 Å². The zero-order valence-electron chi connectivity index (χ0n) is 16.2. The second-order valence-corrected chi connectivity index (χ2v) is 7.33. The third-order valence-corrected chi connectivity index (χ3v) is 5.09. The van der Waals surface area contributed by atoms with Gasteiger partial charge >= 0.3 is 0 Å². The molecule has 0 aliphatic carbocycles. The smallest absolute Gasteiger partial charge is 0.231 e. The number of rotatable bonds is 4. The Kier molecular flexibility index (Phi) is 5.25. The molecule has 1 aliphatic heterocycles. The fourth-order valence-corrected chi connectivity index (χ4v) is 3.65. The minimum absolute atomic E-state index is 0.0138. The molecular weight excluding hydrogens is 352 g/mol. The number of carbonyl (C=O) groups excluding carboxylic acids is 1. The first-order valence-electron chi connectivity index (χ1n) is 9.71. The molecule has 0 radical (unpaired) electrons. The van der Waals surface area contributed by atoms with Crippen molar-refractivity contribution >= 4 is 22.6 Å². The average Bonchev–Trinajstić information content (AvgIpc) is 2.74. The van der Waals surface area contributed by atoms with E-state index >= 15 is 0 Å². The third-order valence-electron chi connectivity index (χ3n) is 5.09. The number of fused-ring (bicyclic) bond motifs is 1. The van der Waals surface area contributed by atoms with Crippen LogP contribution in [0, 0.1) is 5.92 Å². The van der Waals surface area contributed by atoms with Gasteiger partial charge in [-0.2, -0.15) is 0 Å². The SMILES string of the molecule is CC(C)N(C(=O)C1CCNCC1)c1nc(-c2ccncc2)nc2cnccc12. The third kappa shape index (κ3) is 3.57. The van der Waals surface area contributed by atoms with Crippen molar-refractivity contribution in [1.82, 2.24) is 25.3 Å². The van der Waals surface area contributed by atoms with Gasteiger partial charge in [-0.25, -0.2) is 9.97 Å². The van der Waals surface area contributed by atoms with E-state index in [1.807, 2.05) is 36.9 Å². The van der Waals surface area contributed by atoms with Gasteiger partial charge in [0, 0.05) is 41.5 Å². The highest BCUT2D eigenvalue weighted by atomic mass is 16.2. The van der Waals surface area contributed by atoms with Crippen LogP contribution in [0.5, 0.6) is 0 Å². The van der Waals surface area contributed by atoms with Gasteiger partial charge in [0.05, 0.1) is 11.7 Å². The maximum absolute atomic E-state index is 13.4. The minimum atomic E-state index is -0.0149. The number of hydrogen-bond donors (Lipinski definition) is 1. The Balaban J connectivity index is 1.85. The van der Waals surface area contributed by atoms with E-state index < -0.39 is 0 Å². The Morgan fingerprint density at radius 2 is 1.79 bits per heavy atom. The fraction of sp³-hybridized carbons (Fsp3) is 0.381. The summed E-state index contributed by atoms with van der Waals surface area (Å²) in [5.74, 6) is 1.37. The molecule has 4 rings (SSSR count). The summed E-state index contributed by atoms with van der Waals surface area (Å²) in [4.78, 5) is 33.1. The summed E-state index contributed by atoms with van der Waals surface area (Å²) in [6.45, 7) is 5.80. The molecule has 0 aromatic carbocycles. The lowest BCUT2D eigenvalue weighted by Crippen LogP contribution is -2.45. The van der Waals surface area contributed by atoms with Gasteiger partial charge < -0.3 is 5.32 Å². The Hall–Kier alpha value is -2.93. The van der Waals surface area contributed by atoms with Crippen LogP contribution < -0.4 is 10.2 Å². The summed E-state index contributed by atoms with van der Waals surface area (Å²) in [5, 5.41) is 4.16. The van der Waals surface area contributed by atoms with Crippen LogP contribution in [0.3, 0.4) is 0 Å². The molecule has 3 aromatic rings. The van der Waals surface area contributed by atoms with Crippen LogP contribution in [0.4, 0.5) is 5.82 Å². The Morgan fingerprint density at radius 3 is 2.50 bits per heavy atom. The Bertz CT molecular complexity index is 969.